The molecule has 0 unspecified atom stereocenters. The van der Waals surface area contributed by atoms with E-state index >= 15 is 0 Å². The normalized spacial score (nSPS) is 13.9. The number of hydrogen-bond acceptors (Lipinski definition) is 2. The molecule has 1 aliphatic rings. The van der Waals surface area contributed by atoms with Crippen LogP contribution in [0.3, 0.4) is 0 Å². The lowest BCUT2D eigenvalue weighted by Gasteiger charge is -2.23. The number of hydrogen-bond donors (Lipinski definition) is 1. The molecule has 3 rings (SSSR count). The van der Waals surface area contributed by atoms with E-state index < -0.39 is 0 Å². The van der Waals surface area contributed by atoms with Crippen LogP contribution in [-0.4, -0.2) is 16.8 Å². The molecule has 114 valence electrons. The Bertz CT molecular complexity index is 665. The third kappa shape index (κ3) is 3.57. The number of rotatable bonds is 5. The summed E-state index contributed by atoms with van der Waals surface area (Å²) in [5.41, 5.74) is 8.54. The Morgan fingerprint density at radius 3 is 2.45 bits per heavy atom. The van der Waals surface area contributed by atoms with Gasteiger partial charge < -0.3 is 10.6 Å². The molecule has 22 heavy (non-hydrogen) atoms. The maximum atomic E-state index is 12.8. The van der Waals surface area contributed by atoms with Gasteiger partial charge in [-0.2, -0.15) is 0 Å². The lowest BCUT2D eigenvalue weighted by atomic mass is 10.1. The molecule has 0 aromatic heterocycles. The first-order chi connectivity index (χ1) is 10.7. The van der Waals surface area contributed by atoms with Gasteiger partial charge in [-0.1, -0.05) is 40.2 Å². The van der Waals surface area contributed by atoms with Gasteiger partial charge in [0.15, 0.2) is 0 Å². The van der Waals surface area contributed by atoms with Crippen molar-refractivity contribution >= 4 is 21.8 Å². The van der Waals surface area contributed by atoms with E-state index in [9.17, 15) is 4.79 Å². The highest BCUT2D eigenvalue weighted by Crippen LogP contribution is 2.30. The molecular formula is C18H19BrN2O. The molecule has 0 atom stereocenters. The highest BCUT2D eigenvalue weighted by molar-refractivity contribution is 9.10. The summed E-state index contributed by atoms with van der Waals surface area (Å²) in [6.07, 6.45) is 2.20. The molecule has 1 fully saturated rings. The van der Waals surface area contributed by atoms with Crippen molar-refractivity contribution < 1.29 is 4.79 Å². The van der Waals surface area contributed by atoms with Gasteiger partial charge in [-0.05, 0) is 48.2 Å². The number of benzene rings is 2. The smallest absolute Gasteiger partial charge is 0.254 e. The Hall–Kier alpha value is -1.65. The summed E-state index contributed by atoms with van der Waals surface area (Å²) in [5.74, 6) is 0.103. The Morgan fingerprint density at radius 2 is 1.86 bits per heavy atom. The molecule has 0 spiro atoms. The zero-order chi connectivity index (χ0) is 15.5. The van der Waals surface area contributed by atoms with Gasteiger partial charge in [-0.25, -0.2) is 0 Å². The van der Waals surface area contributed by atoms with Crippen molar-refractivity contribution in [2.75, 3.05) is 0 Å². The van der Waals surface area contributed by atoms with Crippen molar-refractivity contribution in [2.24, 2.45) is 5.73 Å². The zero-order valence-electron chi connectivity index (χ0n) is 12.3. The average molecular weight is 359 g/mol. The Kier molecular flexibility index (Phi) is 4.60. The third-order valence-corrected chi connectivity index (χ3v) is 4.42. The second kappa shape index (κ2) is 6.63. The first kappa shape index (κ1) is 15.3. The van der Waals surface area contributed by atoms with Gasteiger partial charge in [0.05, 0.1) is 0 Å². The van der Waals surface area contributed by atoms with Crippen molar-refractivity contribution in [1.29, 1.82) is 0 Å². The van der Waals surface area contributed by atoms with Crippen molar-refractivity contribution in [3.8, 4) is 0 Å². The molecule has 0 heterocycles. The van der Waals surface area contributed by atoms with Crippen molar-refractivity contribution in [3.63, 3.8) is 0 Å². The van der Waals surface area contributed by atoms with Crippen LogP contribution in [0.25, 0.3) is 0 Å². The molecule has 0 radical (unpaired) electrons. The molecule has 1 aliphatic carbocycles. The van der Waals surface area contributed by atoms with Gasteiger partial charge in [0.1, 0.15) is 0 Å². The maximum absolute atomic E-state index is 12.8. The van der Waals surface area contributed by atoms with Crippen LogP contribution in [0.1, 0.15) is 34.3 Å². The van der Waals surface area contributed by atoms with Crippen LogP contribution in [-0.2, 0) is 13.1 Å². The highest BCUT2D eigenvalue weighted by Gasteiger charge is 2.33. The summed E-state index contributed by atoms with van der Waals surface area (Å²) in [7, 11) is 0. The SMILES string of the molecule is NCc1ccc(C(=O)N(Cc2cccc(Br)c2)C2CC2)cc1. The van der Waals surface area contributed by atoms with Crippen LogP contribution in [0.2, 0.25) is 0 Å². The van der Waals surface area contributed by atoms with Crippen LogP contribution in [0, 0.1) is 0 Å². The Morgan fingerprint density at radius 1 is 1.14 bits per heavy atom. The summed E-state index contributed by atoms with van der Waals surface area (Å²) in [6.45, 7) is 1.15. The second-order valence-electron chi connectivity index (χ2n) is 5.70. The standard InChI is InChI=1S/C18H19BrN2O/c19-16-3-1-2-14(10-16)12-21(17-8-9-17)18(22)15-6-4-13(11-20)5-7-15/h1-7,10,17H,8-9,11-12,20H2. The summed E-state index contributed by atoms with van der Waals surface area (Å²) in [6, 6.07) is 16.1. The van der Waals surface area contributed by atoms with Gasteiger partial charge in [-0.15, -0.1) is 0 Å². The summed E-state index contributed by atoms with van der Waals surface area (Å²) in [4.78, 5) is 14.8. The fraction of sp³-hybridized carbons (Fsp3) is 0.278. The molecule has 1 saturated carbocycles. The fourth-order valence-electron chi connectivity index (χ4n) is 2.53. The van der Waals surface area contributed by atoms with Crippen LogP contribution in [0.4, 0.5) is 0 Å². The van der Waals surface area contributed by atoms with E-state index in [4.69, 9.17) is 5.73 Å². The van der Waals surface area contributed by atoms with Gasteiger partial charge in [-0.3, -0.25) is 4.79 Å². The first-order valence-corrected chi connectivity index (χ1v) is 8.31. The van der Waals surface area contributed by atoms with Gasteiger partial charge in [0, 0.05) is 29.2 Å². The summed E-state index contributed by atoms with van der Waals surface area (Å²) >= 11 is 3.49. The topological polar surface area (TPSA) is 46.3 Å². The molecule has 0 bridgehead atoms. The molecule has 2 aromatic carbocycles. The Labute approximate surface area is 139 Å². The Balaban J connectivity index is 1.79. The number of amides is 1. The van der Waals surface area contributed by atoms with Crippen LogP contribution < -0.4 is 5.73 Å². The summed E-state index contributed by atoms with van der Waals surface area (Å²) in [5, 5.41) is 0. The van der Waals surface area contributed by atoms with Crippen LogP contribution >= 0.6 is 15.9 Å². The predicted molar refractivity (Wildman–Crippen MR) is 91.4 cm³/mol. The molecule has 0 aliphatic heterocycles. The minimum atomic E-state index is 0.103. The summed E-state index contributed by atoms with van der Waals surface area (Å²) < 4.78 is 1.04. The van der Waals surface area contributed by atoms with Crippen LogP contribution in [0.15, 0.2) is 53.0 Å². The molecule has 2 aromatic rings. The van der Waals surface area contributed by atoms with Gasteiger partial charge >= 0.3 is 0 Å². The highest BCUT2D eigenvalue weighted by atomic mass is 79.9. The fourth-order valence-corrected chi connectivity index (χ4v) is 2.98. The maximum Gasteiger partial charge on any atom is 0.254 e. The average Bonchev–Trinajstić information content (AvgIpc) is 3.37. The molecule has 4 heteroatoms. The quantitative estimate of drug-likeness (QED) is 0.885. The minimum absolute atomic E-state index is 0.103. The van der Waals surface area contributed by atoms with E-state index in [0.717, 1.165) is 34.0 Å². The molecule has 2 N–H and O–H groups in total. The van der Waals surface area contributed by atoms with Gasteiger partial charge in [0.2, 0.25) is 0 Å². The lowest BCUT2D eigenvalue weighted by Crippen LogP contribution is -2.32. The minimum Gasteiger partial charge on any atom is -0.331 e. The number of carbonyl (C=O) groups is 1. The number of halogens is 1. The van der Waals surface area contributed by atoms with E-state index in [1.165, 1.54) is 0 Å². The van der Waals surface area contributed by atoms with E-state index in [2.05, 4.69) is 28.1 Å². The van der Waals surface area contributed by atoms with Crippen LogP contribution in [0.5, 0.6) is 0 Å². The number of nitrogens with zero attached hydrogens (tertiary/aromatic N) is 1. The zero-order valence-corrected chi connectivity index (χ0v) is 13.9. The van der Waals surface area contributed by atoms with E-state index in [1.807, 2.05) is 41.3 Å². The van der Waals surface area contributed by atoms with E-state index in [0.29, 0.717) is 19.1 Å². The van der Waals surface area contributed by atoms with Gasteiger partial charge in [0.25, 0.3) is 5.91 Å². The largest absolute Gasteiger partial charge is 0.331 e. The van der Waals surface area contributed by atoms with E-state index in [1.54, 1.807) is 0 Å². The second-order valence-corrected chi connectivity index (χ2v) is 6.61. The van der Waals surface area contributed by atoms with Crippen molar-refractivity contribution in [2.45, 2.75) is 32.0 Å². The van der Waals surface area contributed by atoms with Crippen molar-refractivity contribution in [3.05, 3.63) is 69.7 Å². The molecule has 0 saturated heterocycles. The third-order valence-electron chi connectivity index (χ3n) is 3.93. The van der Waals surface area contributed by atoms with E-state index in [-0.39, 0.29) is 5.91 Å². The van der Waals surface area contributed by atoms with Crippen molar-refractivity contribution in [1.82, 2.24) is 4.90 Å². The monoisotopic (exact) mass is 358 g/mol. The first-order valence-electron chi connectivity index (χ1n) is 7.52. The molecular weight excluding hydrogens is 340 g/mol. The number of nitrogens with two attached hydrogens (primary N) is 1. The lowest BCUT2D eigenvalue weighted by molar-refractivity contribution is 0.0730. The molecule has 3 nitrogen and oxygen atoms in total. The molecule has 1 amide bonds. The predicted octanol–water partition coefficient (Wildman–Crippen LogP) is 3.71. The number of carbonyl (C=O) groups excluding carboxylic acids is 1.